The number of fused-ring (bicyclic) bond motifs is 1. The number of benzene rings is 2. The van der Waals surface area contributed by atoms with Crippen molar-refractivity contribution < 1.29 is 23.4 Å². The van der Waals surface area contributed by atoms with E-state index in [0.29, 0.717) is 23.9 Å². The predicted octanol–water partition coefficient (Wildman–Crippen LogP) is 3.95. The zero-order chi connectivity index (χ0) is 24.0. The molecule has 1 saturated heterocycles. The largest absolute Gasteiger partial charge is 0.492 e. The van der Waals surface area contributed by atoms with Crippen molar-refractivity contribution in [3.63, 3.8) is 0 Å². The molecule has 1 fully saturated rings. The predicted molar refractivity (Wildman–Crippen MR) is 128 cm³/mol. The Labute approximate surface area is 203 Å². The van der Waals surface area contributed by atoms with E-state index >= 15 is 0 Å². The number of nitrogens with one attached hydrogen (secondary N) is 1. The number of likely N-dealkylation sites (tertiary alicyclic amines) is 1. The molecular formula is C27H28FN3O4. The van der Waals surface area contributed by atoms with Gasteiger partial charge in [0.1, 0.15) is 18.2 Å². The quantitative estimate of drug-likeness (QED) is 0.530. The van der Waals surface area contributed by atoms with Gasteiger partial charge in [-0.1, -0.05) is 12.1 Å². The van der Waals surface area contributed by atoms with Crippen LogP contribution in [0.4, 0.5) is 4.39 Å². The van der Waals surface area contributed by atoms with Crippen molar-refractivity contribution >= 4 is 5.91 Å². The van der Waals surface area contributed by atoms with Crippen LogP contribution in [0.1, 0.15) is 30.1 Å². The second kappa shape index (κ2) is 10.7. The molecule has 1 amide bonds. The molecule has 7 nitrogen and oxygen atoms in total. The Bertz CT molecular complexity index is 1130. The number of carbonyl (C=O) groups excluding carboxylic acids is 1. The van der Waals surface area contributed by atoms with Crippen LogP contribution in [0.5, 0.6) is 17.2 Å². The van der Waals surface area contributed by atoms with Crippen LogP contribution < -0.4 is 19.5 Å². The van der Waals surface area contributed by atoms with E-state index in [1.165, 1.54) is 12.1 Å². The third-order valence-corrected chi connectivity index (χ3v) is 6.45. The first-order chi connectivity index (χ1) is 17.2. The van der Waals surface area contributed by atoms with Crippen molar-refractivity contribution in [2.24, 2.45) is 5.92 Å². The number of rotatable bonds is 8. The average molecular weight is 478 g/mol. The molecule has 2 aromatic carbocycles. The first-order valence-electron chi connectivity index (χ1n) is 11.9. The third kappa shape index (κ3) is 5.71. The zero-order valence-electron chi connectivity index (χ0n) is 19.4. The Hall–Kier alpha value is -3.65. The van der Waals surface area contributed by atoms with Crippen LogP contribution in [-0.4, -0.2) is 48.8 Å². The van der Waals surface area contributed by atoms with Crippen molar-refractivity contribution in [1.82, 2.24) is 15.2 Å². The number of piperidine rings is 1. The lowest BCUT2D eigenvalue weighted by Gasteiger charge is -2.32. The van der Waals surface area contributed by atoms with Crippen LogP contribution in [0, 0.1) is 11.7 Å². The molecule has 5 rings (SSSR count). The number of hydrogen-bond acceptors (Lipinski definition) is 6. The average Bonchev–Trinajstić information content (AvgIpc) is 3.37. The van der Waals surface area contributed by atoms with E-state index in [1.807, 2.05) is 36.4 Å². The van der Waals surface area contributed by atoms with Crippen molar-refractivity contribution in [1.29, 1.82) is 0 Å². The molecular weight excluding hydrogens is 449 g/mol. The molecule has 0 saturated carbocycles. The summed E-state index contributed by atoms with van der Waals surface area (Å²) in [5, 5.41) is 3.22. The molecule has 182 valence electrons. The topological polar surface area (TPSA) is 72.9 Å². The number of ether oxygens (including phenoxy) is 3. The monoisotopic (exact) mass is 477 g/mol. The van der Waals surface area contributed by atoms with E-state index in [2.05, 4.69) is 15.2 Å². The van der Waals surface area contributed by atoms with Crippen molar-refractivity contribution in [2.75, 3.05) is 33.0 Å². The van der Waals surface area contributed by atoms with Gasteiger partial charge in [-0.15, -0.1) is 0 Å². The summed E-state index contributed by atoms with van der Waals surface area (Å²) >= 11 is 0. The molecule has 35 heavy (non-hydrogen) atoms. The molecule has 1 unspecified atom stereocenters. The molecule has 0 radical (unpaired) electrons. The van der Waals surface area contributed by atoms with Gasteiger partial charge in [-0.25, -0.2) is 4.39 Å². The van der Waals surface area contributed by atoms with E-state index in [0.717, 1.165) is 43.7 Å². The molecule has 8 heteroatoms. The smallest absolute Gasteiger partial charge is 0.231 e. The molecule has 3 aromatic rings. The normalized spacial score (nSPS) is 16.6. The van der Waals surface area contributed by atoms with Crippen LogP contribution in [-0.2, 0) is 4.79 Å². The molecule has 1 aromatic heterocycles. The SMILES string of the molecule is O=C(NC(c1ccc2c(c1)OCO2)c1ccccn1)C1CCN(CCOc2ccc(F)cc2)CC1. The van der Waals surface area contributed by atoms with E-state index < -0.39 is 0 Å². The summed E-state index contributed by atoms with van der Waals surface area (Å²) in [5.41, 5.74) is 1.67. The number of pyridine rings is 1. The number of nitrogens with zero attached hydrogens (tertiary/aromatic N) is 2. The fraction of sp³-hybridized carbons (Fsp3) is 0.333. The van der Waals surface area contributed by atoms with Gasteiger partial charge in [-0.05, 0) is 80.0 Å². The maximum atomic E-state index is 13.3. The Morgan fingerprint density at radius 1 is 1.09 bits per heavy atom. The van der Waals surface area contributed by atoms with Gasteiger partial charge in [0.05, 0.1) is 11.7 Å². The van der Waals surface area contributed by atoms with Gasteiger partial charge in [0, 0.05) is 18.7 Å². The molecule has 0 spiro atoms. The molecule has 1 N–H and O–H groups in total. The van der Waals surface area contributed by atoms with Gasteiger partial charge in [-0.2, -0.15) is 0 Å². The van der Waals surface area contributed by atoms with E-state index in [4.69, 9.17) is 14.2 Å². The Morgan fingerprint density at radius 3 is 2.66 bits per heavy atom. The highest BCUT2D eigenvalue weighted by Gasteiger charge is 2.28. The Morgan fingerprint density at radius 2 is 1.89 bits per heavy atom. The van der Waals surface area contributed by atoms with E-state index in [1.54, 1.807) is 18.3 Å². The minimum Gasteiger partial charge on any atom is -0.492 e. The highest BCUT2D eigenvalue weighted by molar-refractivity contribution is 5.79. The summed E-state index contributed by atoms with van der Waals surface area (Å²) in [6, 6.07) is 17.1. The fourth-order valence-corrected chi connectivity index (χ4v) is 4.47. The maximum absolute atomic E-state index is 13.3. The van der Waals surface area contributed by atoms with Crippen molar-refractivity contribution in [3.8, 4) is 17.2 Å². The second-order valence-corrected chi connectivity index (χ2v) is 8.73. The van der Waals surface area contributed by atoms with Gasteiger partial charge in [-0.3, -0.25) is 14.7 Å². The molecule has 0 bridgehead atoms. The zero-order valence-corrected chi connectivity index (χ0v) is 19.4. The van der Waals surface area contributed by atoms with E-state index in [9.17, 15) is 9.18 Å². The number of amides is 1. The first kappa shape index (κ1) is 23.1. The van der Waals surface area contributed by atoms with Crippen LogP contribution >= 0.6 is 0 Å². The van der Waals surface area contributed by atoms with Crippen LogP contribution in [0.15, 0.2) is 66.9 Å². The minimum absolute atomic E-state index is 0.0283. The van der Waals surface area contributed by atoms with Crippen LogP contribution in [0.25, 0.3) is 0 Å². The maximum Gasteiger partial charge on any atom is 0.231 e. The summed E-state index contributed by atoms with van der Waals surface area (Å²) in [4.78, 5) is 20.0. The van der Waals surface area contributed by atoms with Crippen molar-refractivity contribution in [2.45, 2.75) is 18.9 Å². The van der Waals surface area contributed by atoms with Crippen LogP contribution in [0.2, 0.25) is 0 Å². The highest BCUT2D eigenvalue weighted by Crippen LogP contribution is 2.35. The number of hydrogen-bond donors (Lipinski definition) is 1. The van der Waals surface area contributed by atoms with Gasteiger partial charge in [0.2, 0.25) is 12.7 Å². The third-order valence-electron chi connectivity index (χ3n) is 6.45. The Kier molecular flexibility index (Phi) is 7.09. The van der Waals surface area contributed by atoms with Gasteiger partial charge < -0.3 is 19.5 Å². The first-order valence-corrected chi connectivity index (χ1v) is 11.9. The second-order valence-electron chi connectivity index (χ2n) is 8.73. The molecule has 2 aliphatic rings. The number of carbonyl (C=O) groups is 1. The molecule has 0 aliphatic carbocycles. The van der Waals surface area contributed by atoms with Crippen LogP contribution in [0.3, 0.4) is 0 Å². The summed E-state index contributed by atoms with van der Waals surface area (Å²) in [6.45, 7) is 3.13. The van der Waals surface area contributed by atoms with Gasteiger partial charge in [0.25, 0.3) is 0 Å². The summed E-state index contributed by atoms with van der Waals surface area (Å²) in [6.07, 6.45) is 3.28. The minimum atomic E-state index is -0.375. The summed E-state index contributed by atoms with van der Waals surface area (Å²) in [5.74, 6) is 1.72. The number of halogens is 1. The molecule has 3 heterocycles. The molecule has 2 aliphatic heterocycles. The lowest BCUT2D eigenvalue weighted by atomic mass is 9.94. The highest BCUT2D eigenvalue weighted by atomic mass is 19.1. The van der Waals surface area contributed by atoms with E-state index in [-0.39, 0.29) is 30.5 Å². The fourth-order valence-electron chi connectivity index (χ4n) is 4.47. The summed E-state index contributed by atoms with van der Waals surface area (Å²) < 4.78 is 29.7. The Balaban J connectivity index is 1.16. The summed E-state index contributed by atoms with van der Waals surface area (Å²) in [7, 11) is 0. The lowest BCUT2D eigenvalue weighted by Crippen LogP contribution is -2.42. The lowest BCUT2D eigenvalue weighted by molar-refractivity contribution is -0.127. The number of aromatic nitrogens is 1. The van der Waals surface area contributed by atoms with Gasteiger partial charge in [0.15, 0.2) is 11.5 Å². The van der Waals surface area contributed by atoms with Gasteiger partial charge >= 0.3 is 0 Å². The molecule has 1 atom stereocenters. The van der Waals surface area contributed by atoms with Crippen molar-refractivity contribution in [3.05, 3.63) is 83.9 Å². The standard InChI is InChI=1S/C27H28FN3O4/c28-21-5-7-22(8-6-21)33-16-15-31-13-10-19(11-14-31)27(32)30-26(23-3-1-2-12-29-23)20-4-9-24-25(17-20)35-18-34-24/h1-9,12,17,19,26H,10-11,13-16,18H2,(H,30,32).